The molecule has 66 heavy (non-hydrogen) atoms. The van der Waals surface area contributed by atoms with Crippen LogP contribution >= 0.6 is 7.82 Å². The molecule has 2 aromatic carbocycles. The molecule has 3 rings (SSSR count). The molecular weight excluding hydrogens is 872 g/mol. The number of unbranched alkanes of at least 4 members (excludes halogenated alkanes) is 16. The van der Waals surface area contributed by atoms with Crippen molar-refractivity contribution in [3.63, 3.8) is 0 Å². The van der Waals surface area contributed by atoms with Gasteiger partial charge in [0.05, 0.1) is 19.8 Å². The predicted molar refractivity (Wildman–Crippen MR) is 249 cm³/mol. The van der Waals surface area contributed by atoms with Gasteiger partial charge in [0.25, 0.3) is 0 Å². The second kappa shape index (κ2) is 34.3. The van der Waals surface area contributed by atoms with Crippen LogP contribution in [0.3, 0.4) is 0 Å². The molecule has 3 N–H and O–H groups in total. The van der Waals surface area contributed by atoms with Crippen molar-refractivity contribution in [3.8, 4) is 0 Å². The minimum Gasteiger partial charge on any atom is -0.462 e. The lowest BCUT2D eigenvalue weighted by atomic mass is 10.1. The zero-order valence-corrected chi connectivity index (χ0v) is 40.3. The van der Waals surface area contributed by atoms with Crippen LogP contribution in [0.5, 0.6) is 0 Å². The highest BCUT2D eigenvalue weighted by Gasteiger charge is 2.35. The summed E-state index contributed by atoms with van der Waals surface area (Å²) in [5.74, 6) is -1.79. The van der Waals surface area contributed by atoms with Crippen molar-refractivity contribution < 1.29 is 66.1 Å². The van der Waals surface area contributed by atoms with Crippen LogP contribution in [0.4, 0.5) is 9.59 Å². The second-order valence-electron chi connectivity index (χ2n) is 17.1. The average Bonchev–Trinajstić information content (AvgIpc) is 3.67. The van der Waals surface area contributed by atoms with E-state index in [1.165, 1.54) is 0 Å². The molecule has 0 aliphatic carbocycles. The summed E-state index contributed by atoms with van der Waals surface area (Å²) in [5, 5.41) is 5.59. The Morgan fingerprint density at radius 3 is 1.52 bits per heavy atom. The summed E-state index contributed by atoms with van der Waals surface area (Å²) < 4.78 is 55.5. The van der Waals surface area contributed by atoms with Crippen molar-refractivity contribution in [2.24, 2.45) is 0 Å². The van der Waals surface area contributed by atoms with Crippen molar-refractivity contribution in [1.82, 2.24) is 10.6 Å². The molecule has 1 aliphatic heterocycles. The Hall–Kier alpha value is -4.05. The number of rotatable bonds is 37. The first-order valence-electron chi connectivity index (χ1n) is 24.1. The summed E-state index contributed by atoms with van der Waals surface area (Å²) in [6.45, 7) is 4.25. The fourth-order valence-corrected chi connectivity index (χ4v) is 7.83. The van der Waals surface area contributed by atoms with Gasteiger partial charge in [0.15, 0.2) is 11.9 Å². The number of carbonyl (C=O) groups is 4. The molecule has 0 radical (unpaired) electrons. The van der Waals surface area contributed by atoms with Gasteiger partial charge in [-0.1, -0.05) is 151 Å². The lowest BCUT2D eigenvalue weighted by Crippen LogP contribution is -2.30. The summed E-state index contributed by atoms with van der Waals surface area (Å²) in [5.41, 5.74) is 1.90. The summed E-state index contributed by atoms with van der Waals surface area (Å²) >= 11 is 0. The third kappa shape index (κ3) is 29.6. The van der Waals surface area contributed by atoms with Crippen molar-refractivity contribution >= 4 is 31.9 Å². The van der Waals surface area contributed by atoms with Crippen LogP contribution in [0.15, 0.2) is 60.7 Å². The van der Waals surface area contributed by atoms with Crippen LogP contribution < -0.4 is 10.6 Å². The second-order valence-corrected chi connectivity index (χ2v) is 18.6. The number of alkyl carbamates (subject to hydrolysis) is 2. The van der Waals surface area contributed by atoms with Gasteiger partial charge in [0.2, 0.25) is 0 Å². The molecule has 2 aromatic rings. The summed E-state index contributed by atoms with van der Waals surface area (Å²) in [4.78, 5) is 59.4. The van der Waals surface area contributed by atoms with E-state index in [2.05, 4.69) is 10.6 Å². The zero-order chi connectivity index (χ0) is 47.6. The smallest absolute Gasteiger partial charge is 0.462 e. The summed E-state index contributed by atoms with van der Waals surface area (Å²) in [7, 11) is -4.56. The molecule has 3 unspecified atom stereocenters. The Morgan fingerprint density at radius 1 is 0.621 bits per heavy atom. The Labute approximate surface area is 392 Å². The molecule has 17 heteroatoms. The Balaban J connectivity index is 1.21. The monoisotopic (exact) mass is 949 g/mol. The maximum Gasteiger partial charge on any atom is 0.472 e. The highest BCUT2D eigenvalue weighted by atomic mass is 31.2. The van der Waals surface area contributed by atoms with Crippen molar-refractivity contribution in [2.75, 3.05) is 39.5 Å². The summed E-state index contributed by atoms with van der Waals surface area (Å²) in [6.07, 6.45) is 15.3. The molecule has 16 nitrogen and oxygen atoms in total. The van der Waals surface area contributed by atoms with E-state index in [-0.39, 0.29) is 45.9 Å². The molecule has 0 bridgehead atoms. The van der Waals surface area contributed by atoms with Gasteiger partial charge in [0, 0.05) is 25.9 Å². The van der Waals surface area contributed by atoms with E-state index in [1.807, 2.05) is 60.7 Å². The van der Waals surface area contributed by atoms with Crippen molar-refractivity contribution in [1.29, 1.82) is 0 Å². The molecule has 3 atom stereocenters. The minimum atomic E-state index is -4.56. The predicted octanol–water partition coefficient (Wildman–Crippen LogP) is 10.4. The number of nitrogens with one attached hydrogen (secondary N) is 2. The van der Waals surface area contributed by atoms with Gasteiger partial charge < -0.3 is 43.9 Å². The topological polar surface area (TPSA) is 203 Å². The Bertz CT molecular complexity index is 1670. The van der Waals surface area contributed by atoms with Gasteiger partial charge >= 0.3 is 31.9 Å². The van der Waals surface area contributed by atoms with Crippen LogP contribution in [0, 0.1) is 0 Å². The van der Waals surface area contributed by atoms with Gasteiger partial charge in [0.1, 0.15) is 25.9 Å². The molecule has 372 valence electrons. The fraction of sp³-hybridized carbons (Fsp3) is 0.673. The van der Waals surface area contributed by atoms with E-state index in [0.29, 0.717) is 25.9 Å². The van der Waals surface area contributed by atoms with Gasteiger partial charge in [-0.15, -0.1) is 0 Å². The molecule has 0 saturated carbocycles. The number of ether oxygens (including phenoxy) is 6. The number of amides is 2. The first kappa shape index (κ1) is 56.3. The number of hydrogen-bond acceptors (Lipinski definition) is 13. The largest absolute Gasteiger partial charge is 0.472 e. The molecule has 0 aromatic heterocycles. The number of phosphoric acid groups is 1. The Kier molecular flexibility index (Phi) is 29.2. The molecule has 1 aliphatic rings. The number of hydrogen-bond donors (Lipinski definition) is 3. The van der Waals surface area contributed by atoms with E-state index < -0.39 is 56.5 Å². The number of phosphoric ester groups is 1. The van der Waals surface area contributed by atoms with Crippen LogP contribution in [0.1, 0.15) is 153 Å². The van der Waals surface area contributed by atoms with E-state index in [4.69, 9.17) is 37.5 Å². The molecular formula is C49H77N2O14P. The maximum absolute atomic E-state index is 12.8. The molecule has 1 fully saturated rings. The normalized spacial score (nSPS) is 15.6. The van der Waals surface area contributed by atoms with E-state index in [1.54, 1.807) is 13.8 Å². The van der Waals surface area contributed by atoms with Crippen LogP contribution in [-0.4, -0.2) is 86.5 Å². The first-order chi connectivity index (χ1) is 31.9. The van der Waals surface area contributed by atoms with Gasteiger partial charge in [-0.2, -0.15) is 0 Å². The lowest BCUT2D eigenvalue weighted by molar-refractivity contribution is -0.161. The van der Waals surface area contributed by atoms with Crippen LogP contribution in [0.25, 0.3) is 0 Å². The quantitative estimate of drug-likeness (QED) is 0.0250. The number of benzene rings is 2. The Morgan fingerprint density at radius 2 is 1.06 bits per heavy atom. The van der Waals surface area contributed by atoms with Gasteiger partial charge in [-0.25, -0.2) is 14.2 Å². The van der Waals surface area contributed by atoms with Crippen molar-refractivity contribution in [3.05, 3.63) is 71.8 Å². The SMILES string of the molecule is CC1(C)OCC(COP(=O)(O)OCC(COC(=O)CCCCCCCCCCCNC(=O)OCc2ccccc2)OC(=O)CCCCCCCCCCCNC(=O)OCc2ccccc2)O1. The molecule has 1 heterocycles. The highest BCUT2D eigenvalue weighted by molar-refractivity contribution is 7.47. The highest BCUT2D eigenvalue weighted by Crippen LogP contribution is 2.44. The van der Waals surface area contributed by atoms with Crippen molar-refractivity contribution in [2.45, 2.75) is 173 Å². The number of carbonyl (C=O) groups excluding carboxylic acids is 4. The van der Waals surface area contributed by atoms with Crippen LogP contribution in [0.2, 0.25) is 0 Å². The average molecular weight is 949 g/mol. The third-order valence-corrected chi connectivity index (χ3v) is 11.7. The van der Waals surface area contributed by atoms with E-state index >= 15 is 0 Å². The van der Waals surface area contributed by atoms with Crippen LogP contribution in [-0.2, 0) is 64.8 Å². The first-order valence-corrected chi connectivity index (χ1v) is 25.6. The number of esters is 2. The minimum absolute atomic E-state index is 0.149. The van der Waals surface area contributed by atoms with E-state index in [9.17, 15) is 28.6 Å². The standard InChI is InChI=1S/C49H77N2O14P/c1-49(2)61-38-44(65-49)40-63-66(56,57)62-39-43(64-46(53)32-24-14-10-6-4-8-12-16-26-34-51-48(55)60-36-42-29-21-18-22-30-42)37-58-45(52)31-23-13-9-5-3-7-11-15-25-33-50-47(54)59-35-41-27-19-17-20-28-41/h17-22,27-30,43-44H,3-16,23-26,31-40H2,1-2H3,(H,50,54)(H,51,55)(H,56,57). The van der Waals surface area contributed by atoms with Gasteiger partial charge in [-0.05, 0) is 50.7 Å². The maximum atomic E-state index is 12.8. The third-order valence-electron chi connectivity index (χ3n) is 10.7. The lowest BCUT2D eigenvalue weighted by Gasteiger charge is -2.21. The summed E-state index contributed by atoms with van der Waals surface area (Å²) in [6, 6.07) is 19.1. The zero-order valence-electron chi connectivity index (χ0n) is 39.4. The van der Waals surface area contributed by atoms with Gasteiger partial charge in [-0.3, -0.25) is 18.6 Å². The molecule has 2 amide bonds. The molecule has 0 spiro atoms. The molecule has 1 saturated heterocycles. The fourth-order valence-electron chi connectivity index (χ4n) is 7.05. The van der Waals surface area contributed by atoms with E-state index in [0.717, 1.165) is 114 Å².